The van der Waals surface area contributed by atoms with Crippen LogP contribution >= 0.6 is 0 Å². The normalized spacial score (nSPS) is 16.5. The molecule has 0 fully saturated rings. The van der Waals surface area contributed by atoms with Crippen molar-refractivity contribution in [2.75, 3.05) is 7.11 Å². The lowest BCUT2D eigenvalue weighted by Crippen LogP contribution is -2.34. The van der Waals surface area contributed by atoms with Gasteiger partial charge in [0.1, 0.15) is 0 Å². The second-order valence-corrected chi connectivity index (χ2v) is 10.2. The number of esters is 1. The molecule has 1 aliphatic rings. The Kier molecular flexibility index (Phi) is 6.52. The van der Waals surface area contributed by atoms with Crippen LogP contribution in [-0.2, 0) is 15.6 Å². The predicted molar refractivity (Wildman–Crippen MR) is 139 cm³/mol. The average Bonchev–Trinajstić information content (AvgIpc) is 2.84. The fourth-order valence-electron chi connectivity index (χ4n) is 4.53. The molecule has 0 unspecified atom stereocenters. The first-order chi connectivity index (χ1) is 16.2. The summed E-state index contributed by atoms with van der Waals surface area (Å²) in [5.74, 6) is 0.360. The van der Waals surface area contributed by atoms with Crippen LogP contribution < -0.4 is 0 Å². The van der Waals surface area contributed by atoms with E-state index in [1.54, 1.807) is 24.5 Å². The molecular formula is C30H32N2O2. The molecular weight excluding hydrogens is 420 g/mol. The topological polar surface area (TPSA) is 52.1 Å². The van der Waals surface area contributed by atoms with Gasteiger partial charge in [-0.2, -0.15) is 0 Å². The third kappa shape index (κ3) is 5.01. The zero-order chi connectivity index (χ0) is 24.3. The minimum Gasteiger partial charge on any atom is -0.465 e. The van der Waals surface area contributed by atoms with Crippen molar-refractivity contribution in [2.45, 2.75) is 51.4 Å². The van der Waals surface area contributed by atoms with Gasteiger partial charge in [-0.15, -0.1) is 0 Å². The highest BCUT2D eigenvalue weighted by Gasteiger charge is 2.37. The molecule has 0 bridgehead atoms. The van der Waals surface area contributed by atoms with Gasteiger partial charge >= 0.3 is 5.97 Å². The number of aromatic nitrogens is 2. The van der Waals surface area contributed by atoms with Gasteiger partial charge in [-0.25, -0.2) is 14.8 Å². The summed E-state index contributed by atoms with van der Waals surface area (Å²) in [5, 5.41) is 0. The van der Waals surface area contributed by atoms with Crippen molar-refractivity contribution in [3.63, 3.8) is 0 Å². The number of fused-ring (bicyclic) bond motifs is 1. The van der Waals surface area contributed by atoms with Crippen LogP contribution in [0.2, 0.25) is 0 Å². The smallest absolute Gasteiger partial charge is 0.337 e. The second kappa shape index (κ2) is 9.38. The van der Waals surface area contributed by atoms with Crippen molar-refractivity contribution in [1.29, 1.82) is 0 Å². The lowest BCUT2D eigenvalue weighted by Gasteiger charge is -2.42. The molecule has 0 radical (unpaired) electrons. The first-order valence-corrected chi connectivity index (χ1v) is 11.7. The Balaban J connectivity index is 1.77. The molecule has 34 heavy (non-hydrogen) atoms. The number of ether oxygens (including phenoxy) is 1. The van der Waals surface area contributed by atoms with Crippen LogP contribution in [0.4, 0.5) is 0 Å². The number of benzene rings is 2. The van der Waals surface area contributed by atoms with Gasteiger partial charge in [-0.1, -0.05) is 70.2 Å². The first kappa shape index (κ1) is 23.6. The van der Waals surface area contributed by atoms with Crippen molar-refractivity contribution < 1.29 is 9.53 Å². The SMILES string of the molecule is COC(=O)c1ccc(/C=C/c2cc3c(cc2/C=C/c2ncccn2)C(C)(C)CCC3(C)C)cc1. The average molecular weight is 453 g/mol. The van der Waals surface area contributed by atoms with Gasteiger partial charge in [-0.3, -0.25) is 0 Å². The summed E-state index contributed by atoms with van der Waals surface area (Å²) >= 11 is 0. The van der Waals surface area contributed by atoms with E-state index in [0.717, 1.165) is 23.1 Å². The predicted octanol–water partition coefficient (Wildman–Crippen LogP) is 6.95. The first-order valence-electron chi connectivity index (χ1n) is 11.7. The molecule has 0 aliphatic heterocycles. The summed E-state index contributed by atoms with van der Waals surface area (Å²) < 4.78 is 4.80. The van der Waals surface area contributed by atoms with Gasteiger partial charge in [0.2, 0.25) is 0 Å². The molecule has 174 valence electrons. The van der Waals surface area contributed by atoms with Gasteiger partial charge in [0.15, 0.2) is 5.82 Å². The Bertz CT molecular complexity index is 1240. The summed E-state index contributed by atoms with van der Waals surface area (Å²) in [6.45, 7) is 9.36. The molecule has 0 amide bonds. The zero-order valence-corrected chi connectivity index (χ0v) is 20.6. The highest BCUT2D eigenvalue weighted by Crippen LogP contribution is 2.47. The molecule has 0 spiro atoms. The van der Waals surface area contributed by atoms with E-state index in [-0.39, 0.29) is 16.8 Å². The van der Waals surface area contributed by atoms with Gasteiger partial charge in [0.25, 0.3) is 0 Å². The molecule has 2 aromatic carbocycles. The fourth-order valence-corrected chi connectivity index (χ4v) is 4.53. The van der Waals surface area contributed by atoms with Crippen molar-refractivity contribution >= 4 is 30.3 Å². The van der Waals surface area contributed by atoms with Gasteiger partial charge in [0, 0.05) is 12.4 Å². The molecule has 1 aliphatic carbocycles. The highest BCUT2D eigenvalue weighted by atomic mass is 16.5. The summed E-state index contributed by atoms with van der Waals surface area (Å²) in [5.41, 5.74) is 6.93. The van der Waals surface area contributed by atoms with E-state index in [9.17, 15) is 4.79 Å². The van der Waals surface area contributed by atoms with Gasteiger partial charge < -0.3 is 4.74 Å². The minimum atomic E-state index is -0.328. The summed E-state index contributed by atoms with van der Waals surface area (Å²) in [6, 6.07) is 14.0. The van der Waals surface area contributed by atoms with E-state index in [2.05, 4.69) is 68.0 Å². The van der Waals surface area contributed by atoms with E-state index in [1.165, 1.54) is 24.7 Å². The Morgan fingerprint density at radius 2 is 1.35 bits per heavy atom. The molecule has 4 heteroatoms. The maximum atomic E-state index is 11.7. The molecule has 4 nitrogen and oxygen atoms in total. The molecule has 4 rings (SSSR count). The van der Waals surface area contributed by atoms with Crippen LogP contribution in [0.3, 0.4) is 0 Å². The summed E-state index contributed by atoms with van der Waals surface area (Å²) in [7, 11) is 1.39. The van der Waals surface area contributed by atoms with Crippen molar-refractivity contribution in [1.82, 2.24) is 9.97 Å². The Hall–Kier alpha value is -3.53. The monoisotopic (exact) mass is 452 g/mol. The van der Waals surface area contributed by atoms with Crippen LogP contribution in [0, 0.1) is 0 Å². The van der Waals surface area contributed by atoms with Crippen LogP contribution in [0.5, 0.6) is 0 Å². The lowest BCUT2D eigenvalue weighted by atomic mass is 9.62. The molecule has 0 saturated carbocycles. The number of methoxy groups -OCH3 is 1. The third-order valence-corrected chi connectivity index (χ3v) is 6.84. The molecule has 0 N–H and O–H groups in total. The maximum Gasteiger partial charge on any atom is 0.337 e. The summed E-state index contributed by atoms with van der Waals surface area (Å²) in [6.07, 6.45) is 14.1. The largest absolute Gasteiger partial charge is 0.465 e. The highest BCUT2D eigenvalue weighted by molar-refractivity contribution is 5.89. The lowest BCUT2D eigenvalue weighted by molar-refractivity contribution is 0.0600. The van der Waals surface area contributed by atoms with Crippen LogP contribution in [0.1, 0.15) is 84.5 Å². The van der Waals surface area contributed by atoms with E-state index in [1.807, 2.05) is 24.3 Å². The van der Waals surface area contributed by atoms with E-state index < -0.39 is 0 Å². The Morgan fingerprint density at radius 3 is 1.88 bits per heavy atom. The second-order valence-electron chi connectivity index (χ2n) is 10.2. The van der Waals surface area contributed by atoms with E-state index in [4.69, 9.17) is 4.74 Å². The number of carbonyl (C=O) groups is 1. The molecule has 1 heterocycles. The molecule has 0 atom stereocenters. The van der Waals surface area contributed by atoms with Gasteiger partial charge in [0.05, 0.1) is 12.7 Å². The van der Waals surface area contributed by atoms with Crippen molar-refractivity contribution in [3.8, 4) is 0 Å². The third-order valence-electron chi connectivity index (χ3n) is 6.84. The quantitative estimate of drug-likeness (QED) is 0.310. The summed E-state index contributed by atoms with van der Waals surface area (Å²) in [4.78, 5) is 20.4. The van der Waals surface area contributed by atoms with E-state index in [0.29, 0.717) is 11.4 Å². The standard InChI is InChI=1S/C30H32N2O2/c1-29(2)15-16-30(3,4)26-20-24(13-14-27-31-17-6-18-32-27)23(19-25(26)29)12-9-21-7-10-22(11-8-21)28(33)34-5/h6-14,17-20H,15-16H2,1-5H3/b12-9+,14-13+. The van der Waals surface area contributed by atoms with Gasteiger partial charge in [-0.05, 0) is 75.8 Å². The number of hydrogen-bond acceptors (Lipinski definition) is 4. The Morgan fingerprint density at radius 1 is 0.824 bits per heavy atom. The van der Waals surface area contributed by atoms with E-state index >= 15 is 0 Å². The number of carbonyl (C=O) groups excluding carboxylic acids is 1. The number of nitrogens with zero attached hydrogens (tertiary/aromatic N) is 2. The van der Waals surface area contributed by atoms with Crippen LogP contribution in [-0.4, -0.2) is 23.0 Å². The molecule has 3 aromatic rings. The number of rotatable bonds is 5. The van der Waals surface area contributed by atoms with Crippen LogP contribution in [0.25, 0.3) is 24.3 Å². The van der Waals surface area contributed by atoms with Crippen molar-refractivity contribution in [3.05, 3.63) is 94.1 Å². The van der Waals surface area contributed by atoms with Crippen LogP contribution in [0.15, 0.2) is 54.9 Å². The molecule has 1 aromatic heterocycles. The molecule has 0 saturated heterocycles. The minimum absolute atomic E-state index is 0.125. The zero-order valence-electron chi connectivity index (χ0n) is 20.6. The maximum absolute atomic E-state index is 11.7. The van der Waals surface area contributed by atoms with Crippen molar-refractivity contribution in [2.24, 2.45) is 0 Å². The number of hydrogen-bond donors (Lipinski definition) is 0. The Labute approximate surface area is 202 Å². The fraction of sp³-hybridized carbons (Fsp3) is 0.300.